The molecule has 3 aromatic carbocycles. The number of nitrogens with zero attached hydrogens (tertiary/aromatic N) is 2. The van der Waals surface area contributed by atoms with Crippen LogP contribution in [0.1, 0.15) is 51.3 Å². The third-order valence-electron chi connectivity index (χ3n) is 7.37. The standard InChI is InChI=1S/C33H33FN3O7P/c1-4-42-33(40)22(3)43-45(41,44-25-9-6-5-7-10-25)18-17-36-31(38)29-26-11-8-16-35-30(26)21(2)28-27(29)20-37(32(28)39)19-23-12-14-24(34)15-13-23/h5-16,22H,4,17-20H2,1-3H3,(H,36,38)/t22-,45?/m0/s1. The molecule has 0 radical (unpaired) electrons. The van der Waals surface area contributed by atoms with Crippen LogP contribution < -0.4 is 9.84 Å². The summed E-state index contributed by atoms with van der Waals surface area (Å²) in [7, 11) is -3.97. The Morgan fingerprint density at radius 1 is 1.09 bits per heavy atom. The van der Waals surface area contributed by atoms with E-state index in [1.807, 2.05) is 0 Å². The minimum absolute atomic E-state index is 0.125. The molecule has 1 aliphatic heterocycles. The van der Waals surface area contributed by atoms with E-state index in [1.165, 1.54) is 19.1 Å². The predicted octanol–water partition coefficient (Wildman–Crippen LogP) is 5.81. The maximum Gasteiger partial charge on any atom is 0.381 e. The van der Waals surface area contributed by atoms with Gasteiger partial charge in [-0.2, -0.15) is 0 Å². The van der Waals surface area contributed by atoms with Gasteiger partial charge in [-0.25, -0.2) is 13.8 Å². The number of aryl methyl sites for hydroxylation is 1. The number of benzene rings is 3. The summed E-state index contributed by atoms with van der Waals surface area (Å²) in [4.78, 5) is 45.8. The second-order valence-corrected chi connectivity index (χ2v) is 12.6. The minimum Gasteiger partial charge on any atom is -0.464 e. The fourth-order valence-electron chi connectivity index (χ4n) is 5.30. The van der Waals surface area contributed by atoms with Gasteiger partial charge in [0.15, 0.2) is 6.10 Å². The van der Waals surface area contributed by atoms with Crippen LogP contribution in [-0.2, 0) is 31.7 Å². The first-order valence-corrected chi connectivity index (χ1v) is 16.2. The van der Waals surface area contributed by atoms with E-state index in [4.69, 9.17) is 13.8 Å². The van der Waals surface area contributed by atoms with Crippen LogP contribution in [0.4, 0.5) is 4.39 Å². The van der Waals surface area contributed by atoms with Gasteiger partial charge in [-0.05, 0) is 67.8 Å². The minimum atomic E-state index is -3.97. The van der Waals surface area contributed by atoms with Gasteiger partial charge < -0.3 is 19.5 Å². The number of hydrogen-bond acceptors (Lipinski definition) is 8. The fraction of sp³-hybridized carbons (Fsp3) is 0.273. The van der Waals surface area contributed by atoms with Gasteiger partial charge in [0.05, 0.1) is 29.4 Å². The normalized spacial score (nSPS) is 14.5. The first kappa shape index (κ1) is 31.8. The Kier molecular flexibility index (Phi) is 9.60. The number of nitrogens with one attached hydrogen (secondary N) is 1. The summed E-state index contributed by atoms with van der Waals surface area (Å²) in [6.07, 6.45) is 0.166. The highest BCUT2D eigenvalue weighted by Gasteiger charge is 2.36. The Labute approximate surface area is 260 Å². The van der Waals surface area contributed by atoms with E-state index in [1.54, 1.807) is 79.5 Å². The van der Waals surface area contributed by atoms with Crippen molar-refractivity contribution in [2.45, 2.75) is 40.0 Å². The van der Waals surface area contributed by atoms with Crippen LogP contribution in [0.25, 0.3) is 10.9 Å². The zero-order valence-corrected chi connectivity index (χ0v) is 26.0. The van der Waals surface area contributed by atoms with Gasteiger partial charge in [-0.1, -0.05) is 36.4 Å². The zero-order chi connectivity index (χ0) is 32.1. The molecule has 1 N–H and O–H groups in total. The number of fused-ring (bicyclic) bond motifs is 2. The third kappa shape index (κ3) is 7.05. The number of aromatic nitrogens is 1. The number of pyridine rings is 1. The zero-order valence-electron chi connectivity index (χ0n) is 25.1. The third-order valence-corrected chi connectivity index (χ3v) is 9.27. The number of para-hydroxylation sites is 1. The number of amides is 2. The molecule has 12 heteroatoms. The highest BCUT2D eigenvalue weighted by atomic mass is 31.2. The smallest absolute Gasteiger partial charge is 0.381 e. The first-order valence-electron chi connectivity index (χ1n) is 14.5. The van der Waals surface area contributed by atoms with E-state index in [0.29, 0.717) is 27.6 Å². The number of ether oxygens (including phenoxy) is 1. The van der Waals surface area contributed by atoms with Gasteiger partial charge in [0.1, 0.15) is 11.6 Å². The van der Waals surface area contributed by atoms with E-state index in [9.17, 15) is 23.3 Å². The molecule has 0 bridgehead atoms. The Morgan fingerprint density at radius 2 is 1.82 bits per heavy atom. The molecule has 1 aromatic heterocycles. The number of rotatable bonds is 12. The molecule has 45 heavy (non-hydrogen) atoms. The van der Waals surface area contributed by atoms with E-state index in [-0.39, 0.29) is 55.4 Å². The van der Waals surface area contributed by atoms with Crippen LogP contribution in [0.3, 0.4) is 0 Å². The van der Waals surface area contributed by atoms with Crippen LogP contribution in [0, 0.1) is 12.7 Å². The number of esters is 1. The Morgan fingerprint density at radius 3 is 2.53 bits per heavy atom. The molecule has 2 heterocycles. The van der Waals surface area contributed by atoms with Crippen molar-refractivity contribution in [3.05, 3.63) is 107 Å². The van der Waals surface area contributed by atoms with Crippen molar-refractivity contribution in [2.75, 3.05) is 19.3 Å². The van der Waals surface area contributed by atoms with Gasteiger partial charge in [0.25, 0.3) is 11.8 Å². The van der Waals surface area contributed by atoms with Crippen LogP contribution >= 0.6 is 7.60 Å². The molecule has 2 atom stereocenters. The Bertz CT molecular complexity index is 1780. The lowest BCUT2D eigenvalue weighted by Gasteiger charge is -2.22. The molecule has 2 amide bonds. The summed E-state index contributed by atoms with van der Waals surface area (Å²) in [6.45, 7) is 5.26. The quantitative estimate of drug-likeness (QED) is 0.153. The van der Waals surface area contributed by atoms with Crippen molar-refractivity contribution in [3.63, 3.8) is 0 Å². The first-order chi connectivity index (χ1) is 21.6. The number of carbonyl (C=O) groups excluding carboxylic acids is 3. The molecular weight excluding hydrogens is 600 g/mol. The van der Waals surface area contributed by atoms with Gasteiger partial charge in [-0.3, -0.25) is 19.1 Å². The van der Waals surface area contributed by atoms with Crippen molar-refractivity contribution < 1.29 is 37.1 Å². The average molecular weight is 634 g/mol. The van der Waals surface area contributed by atoms with Crippen molar-refractivity contribution in [1.82, 2.24) is 15.2 Å². The fourth-order valence-corrected chi connectivity index (χ4v) is 6.94. The number of halogens is 1. The lowest BCUT2D eigenvalue weighted by atomic mass is 9.93. The van der Waals surface area contributed by atoms with Gasteiger partial charge >= 0.3 is 13.6 Å². The summed E-state index contributed by atoms with van der Waals surface area (Å²) in [5, 5.41) is 3.38. The van der Waals surface area contributed by atoms with Crippen molar-refractivity contribution in [1.29, 1.82) is 0 Å². The monoisotopic (exact) mass is 633 g/mol. The highest BCUT2D eigenvalue weighted by Crippen LogP contribution is 2.49. The molecule has 0 spiro atoms. The molecule has 234 valence electrons. The van der Waals surface area contributed by atoms with E-state index >= 15 is 0 Å². The summed E-state index contributed by atoms with van der Waals surface area (Å²) in [5.74, 6) is -1.54. The van der Waals surface area contributed by atoms with Crippen LogP contribution in [-0.4, -0.2) is 53.1 Å². The second-order valence-electron chi connectivity index (χ2n) is 10.5. The predicted molar refractivity (Wildman–Crippen MR) is 166 cm³/mol. The molecule has 0 aliphatic carbocycles. The highest BCUT2D eigenvalue weighted by molar-refractivity contribution is 7.54. The van der Waals surface area contributed by atoms with Crippen molar-refractivity contribution in [2.24, 2.45) is 0 Å². The molecular formula is C33H33FN3O7P. The summed E-state index contributed by atoms with van der Waals surface area (Å²) < 4.78 is 43.7. The average Bonchev–Trinajstić information content (AvgIpc) is 3.34. The summed E-state index contributed by atoms with van der Waals surface area (Å²) in [6, 6.07) is 17.8. The van der Waals surface area contributed by atoms with E-state index in [2.05, 4.69) is 10.3 Å². The van der Waals surface area contributed by atoms with Crippen LogP contribution in [0.2, 0.25) is 0 Å². The maximum absolute atomic E-state index is 13.9. The van der Waals surface area contributed by atoms with Crippen molar-refractivity contribution >= 4 is 36.3 Å². The van der Waals surface area contributed by atoms with E-state index < -0.39 is 25.6 Å². The molecule has 0 saturated carbocycles. The summed E-state index contributed by atoms with van der Waals surface area (Å²) >= 11 is 0. The maximum atomic E-state index is 13.9. The van der Waals surface area contributed by atoms with Crippen LogP contribution in [0.5, 0.6) is 5.75 Å². The lowest BCUT2D eigenvalue weighted by Crippen LogP contribution is -2.30. The lowest BCUT2D eigenvalue weighted by molar-refractivity contribution is -0.150. The molecule has 0 fully saturated rings. The molecule has 4 aromatic rings. The van der Waals surface area contributed by atoms with Gasteiger partial charge in [-0.15, -0.1) is 0 Å². The molecule has 0 saturated heterocycles. The van der Waals surface area contributed by atoms with Gasteiger partial charge in [0.2, 0.25) is 0 Å². The molecule has 5 rings (SSSR count). The van der Waals surface area contributed by atoms with Crippen LogP contribution in [0.15, 0.2) is 72.9 Å². The Hall–Kier alpha value is -4.60. The topological polar surface area (TPSA) is 124 Å². The van der Waals surface area contributed by atoms with E-state index in [0.717, 1.165) is 5.56 Å². The second kappa shape index (κ2) is 13.6. The Balaban J connectivity index is 1.40. The molecule has 1 aliphatic rings. The van der Waals surface area contributed by atoms with Crippen molar-refractivity contribution in [3.8, 4) is 5.75 Å². The number of carbonyl (C=O) groups is 3. The molecule has 10 nitrogen and oxygen atoms in total. The van der Waals surface area contributed by atoms with Gasteiger partial charge in [0, 0.05) is 31.2 Å². The number of hydrogen-bond donors (Lipinski definition) is 1. The summed E-state index contributed by atoms with van der Waals surface area (Å²) in [5.41, 5.74) is 3.16. The molecule has 1 unspecified atom stereocenters. The SMILES string of the molecule is CCOC(=O)[C@H](C)OP(=O)(CCNC(=O)c1c2c(c(C)c3ncccc13)C(=O)N(Cc1ccc(F)cc1)C2)Oc1ccccc1. The largest absolute Gasteiger partial charge is 0.464 e.